The molecule has 0 bridgehead atoms. The number of hydrogen-bond donors (Lipinski definition) is 1. The molecule has 0 heterocycles. The molecule has 33 heavy (non-hydrogen) atoms. The summed E-state index contributed by atoms with van der Waals surface area (Å²) in [6, 6.07) is 20.7. The second-order valence-corrected chi connectivity index (χ2v) is 7.23. The minimum atomic E-state index is -0.494. The van der Waals surface area contributed by atoms with Crippen LogP contribution in [0.3, 0.4) is 0 Å². The van der Waals surface area contributed by atoms with Gasteiger partial charge >= 0.3 is 0 Å². The van der Waals surface area contributed by atoms with Crippen LogP contribution in [0.25, 0.3) is 6.08 Å². The number of carbonyl (C=O) groups is 1. The number of amides is 1. The van der Waals surface area contributed by atoms with Crippen molar-refractivity contribution in [2.75, 3.05) is 11.9 Å². The zero-order valence-corrected chi connectivity index (χ0v) is 18.6. The fourth-order valence-electron chi connectivity index (χ4n) is 3.13. The molecule has 0 saturated heterocycles. The second kappa shape index (κ2) is 11.5. The first-order valence-corrected chi connectivity index (χ1v) is 10.7. The van der Waals surface area contributed by atoms with E-state index in [0.717, 1.165) is 12.0 Å². The van der Waals surface area contributed by atoms with Gasteiger partial charge in [0.15, 0.2) is 11.5 Å². The lowest BCUT2D eigenvalue weighted by atomic mass is 10.1. The predicted molar refractivity (Wildman–Crippen MR) is 126 cm³/mol. The molecule has 0 radical (unpaired) electrons. The van der Waals surface area contributed by atoms with Gasteiger partial charge in [-0.1, -0.05) is 37.3 Å². The van der Waals surface area contributed by atoms with Crippen molar-refractivity contribution in [1.29, 1.82) is 5.26 Å². The minimum Gasteiger partial charge on any atom is -0.490 e. The van der Waals surface area contributed by atoms with Crippen LogP contribution in [0.4, 0.5) is 10.1 Å². The third kappa shape index (κ3) is 6.68. The number of benzene rings is 3. The van der Waals surface area contributed by atoms with Crippen LogP contribution >= 0.6 is 0 Å². The fraction of sp³-hybridized carbons (Fsp3) is 0.185. The number of rotatable bonds is 9. The highest BCUT2D eigenvalue weighted by molar-refractivity contribution is 6.09. The van der Waals surface area contributed by atoms with Gasteiger partial charge in [-0.2, -0.15) is 5.26 Å². The number of nitriles is 1. The number of nitrogens with one attached hydrogen (secondary N) is 1. The molecular weight excluding hydrogens is 419 g/mol. The summed E-state index contributed by atoms with van der Waals surface area (Å²) in [5, 5.41) is 12.3. The molecule has 6 heteroatoms. The van der Waals surface area contributed by atoms with E-state index in [0.29, 0.717) is 34.9 Å². The lowest BCUT2D eigenvalue weighted by Crippen LogP contribution is -2.13. The van der Waals surface area contributed by atoms with Crippen LogP contribution in [0.5, 0.6) is 11.5 Å². The van der Waals surface area contributed by atoms with Crippen molar-refractivity contribution in [2.24, 2.45) is 0 Å². The van der Waals surface area contributed by atoms with Gasteiger partial charge in [-0.05, 0) is 72.5 Å². The van der Waals surface area contributed by atoms with Gasteiger partial charge in [-0.25, -0.2) is 4.39 Å². The molecule has 0 aromatic heterocycles. The normalized spacial score (nSPS) is 10.9. The Kier molecular flexibility index (Phi) is 8.20. The smallest absolute Gasteiger partial charge is 0.266 e. The van der Waals surface area contributed by atoms with Gasteiger partial charge in [0.25, 0.3) is 5.91 Å². The lowest BCUT2D eigenvalue weighted by Gasteiger charge is -2.13. The first-order valence-electron chi connectivity index (χ1n) is 10.7. The maximum Gasteiger partial charge on any atom is 0.266 e. The quantitative estimate of drug-likeness (QED) is 0.329. The Morgan fingerprint density at radius 1 is 1.00 bits per heavy atom. The summed E-state index contributed by atoms with van der Waals surface area (Å²) in [4.78, 5) is 12.6. The molecule has 3 rings (SSSR count). The molecule has 3 aromatic rings. The molecule has 3 aromatic carbocycles. The summed E-state index contributed by atoms with van der Waals surface area (Å²) in [6.45, 7) is 4.48. The van der Waals surface area contributed by atoms with E-state index >= 15 is 0 Å². The Morgan fingerprint density at radius 2 is 1.79 bits per heavy atom. The van der Waals surface area contributed by atoms with Crippen LogP contribution in [0.1, 0.15) is 30.5 Å². The average molecular weight is 445 g/mol. The zero-order valence-electron chi connectivity index (χ0n) is 18.6. The van der Waals surface area contributed by atoms with Gasteiger partial charge in [0, 0.05) is 5.69 Å². The van der Waals surface area contributed by atoms with E-state index in [-0.39, 0.29) is 18.0 Å². The number of halogens is 1. The second-order valence-electron chi connectivity index (χ2n) is 7.23. The summed E-state index contributed by atoms with van der Waals surface area (Å²) in [6.07, 6.45) is 2.40. The number of ether oxygens (including phenoxy) is 2. The Hall–Kier alpha value is -4.11. The van der Waals surface area contributed by atoms with Gasteiger partial charge in [-0.15, -0.1) is 0 Å². The molecule has 0 atom stereocenters. The molecule has 1 amide bonds. The number of hydrogen-bond acceptors (Lipinski definition) is 4. The summed E-state index contributed by atoms with van der Waals surface area (Å²) < 4.78 is 24.9. The lowest BCUT2D eigenvalue weighted by molar-refractivity contribution is -0.112. The van der Waals surface area contributed by atoms with Crippen LogP contribution in [0, 0.1) is 17.1 Å². The van der Waals surface area contributed by atoms with Crippen molar-refractivity contribution in [1.82, 2.24) is 0 Å². The van der Waals surface area contributed by atoms with Gasteiger partial charge in [0.05, 0.1) is 6.61 Å². The third-order valence-corrected chi connectivity index (χ3v) is 4.85. The molecule has 1 N–H and O–H groups in total. The highest BCUT2D eigenvalue weighted by Gasteiger charge is 2.12. The standard InChI is InChI=1S/C27H25FN2O3/c1-3-19-8-11-24(12-9-19)30-27(31)22(17-29)14-20-10-13-25(26(16-20)32-4-2)33-18-21-6-5-7-23(28)15-21/h5-16H,3-4,18H2,1-2H3,(H,30,31)/b22-14+. The molecule has 5 nitrogen and oxygen atoms in total. The van der Waals surface area contributed by atoms with Crippen LogP contribution in [0.15, 0.2) is 72.3 Å². The van der Waals surface area contributed by atoms with Crippen molar-refractivity contribution in [3.63, 3.8) is 0 Å². The SMILES string of the molecule is CCOc1cc(/C=C(\C#N)C(=O)Nc2ccc(CC)cc2)ccc1OCc1cccc(F)c1. The van der Waals surface area contributed by atoms with E-state index in [1.807, 2.05) is 37.3 Å². The largest absolute Gasteiger partial charge is 0.490 e. The van der Waals surface area contributed by atoms with Crippen LogP contribution in [0.2, 0.25) is 0 Å². The number of anilines is 1. The van der Waals surface area contributed by atoms with Crippen molar-refractivity contribution < 1.29 is 18.7 Å². The number of nitrogens with zero attached hydrogens (tertiary/aromatic N) is 1. The van der Waals surface area contributed by atoms with Gasteiger partial charge in [0.1, 0.15) is 24.1 Å². The summed E-state index contributed by atoms with van der Waals surface area (Å²) in [5.74, 6) is 0.129. The van der Waals surface area contributed by atoms with Crippen molar-refractivity contribution in [3.8, 4) is 17.6 Å². The summed E-state index contributed by atoms with van der Waals surface area (Å²) in [7, 11) is 0. The van der Waals surface area contributed by atoms with Crippen molar-refractivity contribution in [2.45, 2.75) is 26.9 Å². The highest BCUT2D eigenvalue weighted by atomic mass is 19.1. The summed E-state index contributed by atoms with van der Waals surface area (Å²) >= 11 is 0. The average Bonchev–Trinajstić information content (AvgIpc) is 2.82. The molecule has 0 fully saturated rings. The Morgan fingerprint density at radius 3 is 2.45 bits per heavy atom. The topological polar surface area (TPSA) is 71.3 Å². The molecule has 168 valence electrons. The molecule has 0 spiro atoms. The van der Waals surface area contributed by atoms with E-state index in [9.17, 15) is 14.4 Å². The van der Waals surface area contributed by atoms with Crippen LogP contribution < -0.4 is 14.8 Å². The van der Waals surface area contributed by atoms with Gasteiger partial charge in [0.2, 0.25) is 0 Å². The minimum absolute atomic E-state index is 0.0366. The molecular formula is C27H25FN2O3. The molecule has 0 aliphatic heterocycles. The maximum absolute atomic E-state index is 13.4. The van der Waals surface area contributed by atoms with Gasteiger partial charge in [-0.3, -0.25) is 4.79 Å². The highest BCUT2D eigenvalue weighted by Crippen LogP contribution is 2.30. The van der Waals surface area contributed by atoms with E-state index in [1.165, 1.54) is 18.2 Å². The van der Waals surface area contributed by atoms with E-state index in [4.69, 9.17) is 9.47 Å². The van der Waals surface area contributed by atoms with E-state index < -0.39 is 5.91 Å². The Balaban J connectivity index is 1.76. The third-order valence-electron chi connectivity index (χ3n) is 4.85. The Labute approximate surface area is 193 Å². The molecule has 0 aliphatic rings. The zero-order chi connectivity index (χ0) is 23.6. The molecule has 0 aliphatic carbocycles. The number of carbonyl (C=O) groups excluding carboxylic acids is 1. The first kappa shape index (κ1) is 23.6. The number of aryl methyl sites for hydroxylation is 1. The van der Waals surface area contributed by atoms with Crippen LogP contribution in [-0.2, 0) is 17.8 Å². The van der Waals surface area contributed by atoms with Crippen molar-refractivity contribution in [3.05, 3.63) is 94.8 Å². The van der Waals surface area contributed by atoms with Crippen molar-refractivity contribution >= 4 is 17.7 Å². The molecule has 0 unspecified atom stereocenters. The van der Waals surface area contributed by atoms with Gasteiger partial charge < -0.3 is 14.8 Å². The van der Waals surface area contributed by atoms with E-state index in [2.05, 4.69) is 12.2 Å². The first-order chi connectivity index (χ1) is 16.0. The monoisotopic (exact) mass is 444 g/mol. The Bertz CT molecular complexity index is 1180. The van der Waals surface area contributed by atoms with Crippen LogP contribution in [-0.4, -0.2) is 12.5 Å². The maximum atomic E-state index is 13.4. The predicted octanol–water partition coefficient (Wildman–Crippen LogP) is 5.91. The van der Waals surface area contributed by atoms with E-state index in [1.54, 1.807) is 30.3 Å². The summed E-state index contributed by atoms with van der Waals surface area (Å²) in [5.41, 5.74) is 3.05. The fourth-order valence-corrected chi connectivity index (χ4v) is 3.13. The molecule has 0 saturated carbocycles.